The minimum atomic E-state index is -0.480. The molecule has 5 heteroatoms. The summed E-state index contributed by atoms with van der Waals surface area (Å²) < 4.78 is 1.70. The fourth-order valence-corrected chi connectivity index (χ4v) is 0.790. The summed E-state index contributed by atoms with van der Waals surface area (Å²) in [7, 11) is 0. The topological polar surface area (TPSA) is 60.9 Å². The van der Waals surface area contributed by atoms with Crippen LogP contribution < -0.4 is 5.73 Å². The Hall–Kier alpha value is -1.03. The molecule has 0 saturated heterocycles. The van der Waals surface area contributed by atoms with E-state index in [1.165, 1.54) is 0 Å². The van der Waals surface area contributed by atoms with Gasteiger partial charge in [0.25, 0.3) is 5.91 Å². The summed E-state index contributed by atoms with van der Waals surface area (Å²) >= 11 is 0. The highest BCUT2D eigenvalue weighted by Crippen LogP contribution is 1.94. The molecule has 0 aromatic carbocycles. The van der Waals surface area contributed by atoms with E-state index in [1.807, 2.05) is 6.92 Å². The number of nitrogens with two attached hydrogens (primary N) is 1. The Morgan fingerprint density at radius 3 is 2.82 bits per heavy atom. The first kappa shape index (κ1) is 9.97. The van der Waals surface area contributed by atoms with Gasteiger partial charge >= 0.3 is 0 Å². The minimum Gasteiger partial charge on any atom is -0.363 e. The number of hydrogen-bond acceptors (Lipinski definition) is 2. The van der Waals surface area contributed by atoms with E-state index in [4.69, 9.17) is 5.73 Å². The molecule has 1 rings (SSSR count). The predicted octanol–water partition coefficient (Wildman–Crippen LogP) is 0.424. The molecule has 0 fully saturated rings. The molecular weight excluding hydrogens is 166 g/mol. The SMILES string of the molecule is CCn1ccnc1C(N)=O.Cl. The van der Waals surface area contributed by atoms with Crippen molar-refractivity contribution in [3.8, 4) is 0 Å². The van der Waals surface area contributed by atoms with Gasteiger partial charge in [-0.15, -0.1) is 12.4 Å². The molecule has 0 aliphatic rings. The summed E-state index contributed by atoms with van der Waals surface area (Å²) in [5.41, 5.74) is 5.01. The Kier molecular flexibility index (Phi) is 3.60. The minimum absolute atomic E-state index is 0. The number of aromatic nitrogens is 2. The van der Waals surface area contributed by atoms with Crippen LogP contribution in [0.2, 0.25) is 0 Å². The molecule has 62 valence electrons. The molecule has 0 unspecified atom stereocenters. The highest BCUT2D eigenvalue weighted by atomic mass is 35.5. The van der Waals surface area contributed by atoms with Crippen LogP contribution in [0.1, 0.15) is 17.5 Å². The third kappa shape index (κ3) is 1.94. The van der Waals surface area contributed by atoms with Crippen LogP contribution in [0, 0.1) is 0 Å². The van der Waals surface area contributed by atoms with Gasteiger partial charge in [0.1, 0.15) is 0 Å². The number of carbonyl (C=O) groups excluding carboxylic acids is 1. The maximum atomic E-state index is 10.6. The zero-order chi connectivity index (χ0) is 7.56. The highest BCUT2D eigenvalue weighted by Gasteiger charge is 2.05. The number of amides is 1. The lowest BCUT2D eigenvalue weighted by atomic mass is 10.5. The molecule has 0 spiro atoms. The average Bonchev–Trinajstić information content (AvgIpc) is 2.33. The van der Waals surface area contributed by atoms with Gasteiger partial charge in [-0.05, 0) is 6.92 Å². The highest BCUT2D eigenvalue weighted by molar-refractivity contribution is 5.89. The largest absolute Gasteiger partial charge is 0.363 e. The lowest BCUT2D eigenvalue weighted by Crippen LogP contribution is -2.17. The van der Waals surface area contributed by atoms with Crippen LogP contribution in [0.4, 0.5) is 0 Å². The normalized spacial score (nSPS) is 8.82. The summed E-state index contributed by atoms with van der Waals surface area (Å²) in [6.45, 7) is 2.65. The van der Waals surface area contributed by atoms with Crippen molar-refractivity contribution in [1.82, 2.24) is 9.55 Å². The van der Waals surface area contributed by atoms with Crippen LogP contribution in [-0.4, -0.2) is 15.5 Å². The zero-order valence-electron chi connectivity index (χ0n) is 6.15. The molecule has 0 bridgehead atoms. The molecular formula is C6H10ClN3O. The van der Waals surface area contributed by atoms with E-state index in [1.54, 1.807) is 17.0 Å². The van der Waals surface area contributed by atoms with Crippen LogP contribution in [0.3, 0.4) is 0 Å². The van der Waals surface area contributed by atoms with Crippen molar-refractivity contribution in [2.45, 2.75) is 13.5 Å². The molecule has 11 heavy (non-hydrogen) atoms. The third-order valence-corrected chi connectivity index (χ3v) is 1.28. The van der Waals surface area contributed by atoms with Gasteiger partial charge in [-0.25, -0.2) is 4.98 Å². The number of rotatable bonds is 2. The molecule has 0 atom stereocenters. The van der Waals surface area contributed by atoms with Gasteiger partial charge in [0.2, 0.25) is 0 Å². The van der Waals surface area contributed by atoms with Crippen molar-refractivity contribution in [2.75, 3.05) is 0 Å². The maximum absolute atomic E-state index is 10.6. The van der Waals surface area contributed by atoms with E-state index in [0.29, 0.717) is 5.82 Å². The molecule has 0 saturated carbocycles. The van der Waals surface area contributed by atoms with E-state index >= 15 is 0 Å². The van der Waals surface area contributed by atoms with Gasteiger partial charge in [-0.1, -0.05) is 0 Å². The number of hydrogen-bond donors (Lipinski definition) is 1. The van der Waals surface area contributed by atoms with Gasteiger partial charge in [-0.2, -0.15) is 0 Å². The van der Waals surface area contributed by atoms with Crippen molar-refractivity contribution in [3.05, 3.63) is 18.2 Å². The van der Waals surface area contributed by atoms with Gasteiger partial charge in [0, 0.05) is 18.9 Å². The number of imidazole rings is 1. The third-order valence-electron chi connectivity index (χ3n) is 1.28. The first-order valence-electron chi connectivity index (χ1n) is 3.06. The van der Waals surface area contributed by atoms with E-state index in [2.05, 4.69) is 4.98 Å². The fraction of sp³-hybridized carbons (Fsp3) is 0.333. The second-order valence-electron chi connectivity index (χ2n) is 1.90. The first-order valence-corrected chi connectivity index (χ1v) is 3.06. The van der Waals surface area contributed by atoms with Crippen molar-refractivity contribution >= 4 is 18.3 Å². The lowest BCUT2D eigenvalue weighted by molar-refractivity contribution is 0.0986. The molecule has 1 aromatic heterocycles. The number of halogens is 1. The summed E-state index contributed by atoms with van der Waals surface area (Å²) in [6, 6.07) is 0. The fourth-order valence-electron chi connectivity index (χ4n) is 0.790. The van der Waals surface area contributed by atoms with Crippen LogP contribution in [-0.2, 0) is 6.54 Å². The Balaban J connectivity index is 0.000001000. The molecule has 0 radical (unpaired) electrons. The van der Waals surface area contributed by atoms with E-state index in [9.17, 15) is 4.79 Å². The second-order valence-corrected chi connectivity index (χ2v) is 1.90. The van der Waals surface area contributed by atoms with Crippen LogP contribution in [0.25, 0.3) is 0 Å². The summed E-state index contributed by atoms with van der Waals surface area (Å²) in [4.78, 5) is 14.4. The summed E-state index contributed by atoms with van der Waals surface area (Å²) in [5, 5.41) is 0. The quantitative estimate of drug-likeness (QED) is 0.709. The van der Waals surface area contributed by atoms with E-state index in [0.717, 1.165) is 6.54 Å². The van der Waals surface area contributed by atoms with Gasteiger partial charge in [0.05, 0.1) is 0 Å². The summed E-state index contributed by atoms with van der Waals surface area (Å²) in [6.07, 6.45) is 3.28. The summed E-state index contributed by atoms with van der Waals surface area (Å²) in [5.74, 6) is -0.158. The zero-order valence-corrected chi connectivity index (χ0v) is 6.97. The molecule has 4 nitrogen and oxygen atoms in total. The Morgan fingerprint density at radius 2 is 2.45 bits per heavy atom. The van der Waals surface area contributed by atoms with Crippen LogP contribution >= 0.6 is 12.4 Å². The Morgan fingerprint density at radius 1 is 1.82 bits per heavy atom. The standard InChI is InChI=1S/C6H9N3O.ClH/c1-2-9-4-3-8-6(9)5(7)10;/h3-4H,2H2,1H3,(H2,7,10);1H. The van der Waals surface area contributed by atoms with Crippen molar-refractivity contribution in [1.29, 1.82) is 0 Å². The number of carbonyl (C=O) groups is 1. The molecule has 0 aliphatic heterocycles. The number of nitrogens with zero attached hydrogens (tertiary/aromatic N) is 2. The molecule has 0 aliphatic carbocycles. The molecule has 2 N–H and O–H groups in total. The van der Waals surface area contributed by atoms with Gasteiger partial charge in [-0.3, -0.25) is 4.79 Å². The smallest absolute Gasteiger partial charge is 0.284 e. The van der Waals surface area contributed by atoms with Gasteiger partial charge < -0.3 is 10.3 Å². The molecule has 1 heterocycles. The second kappa shape index (κ2) is 3.98. The predicted molar refractivity (Wildman–Crippen MR) is 43.7 cm³/mol. The number of aryl methyl sites for hydroxylation is 1. The monoisotopic (exact) mass is 175 g/mol. The van der Waals surface area contributed by atoms with Crippen LogP contribution in [0.15, 0.2) is 12.4 Å². The lowest BCUT2D eigenvalue weighted by Gasteiger charge is -1.97. The number of primary amides is 1. The Labute approximate surface area is 70.8 Å². The van der Waals surface area contributed by atoms with Crippen molar-refractivity contribution < 1.29 is 4.79 Å². The maximum Gasteiger partial charge on any atom is 0.284 e. The van der Waals surface area contributed by atoms with Gasteiger partial charge in [0.15, 0.2) is 5.82 Å². The average molecular weight is 176 g/mol. The van der Waals surface area contributed by atoms with Crippen molar-refractivity contribution in [2.24, 2.45) is 5.73 Å². The molecule has 1 amide bonds. The van der Waals surface area contributed by atoms with E-state index in [-0.39, 0.29) is 12.4 Å². The van der Waals surface area contributed by atoms with Crippen LogP contribution in [0.5, 0.6) is 0 Å². The van der Waals surface area contributed by atoms with Crippen molar-refractivity contribution in [3.63, 3.8) is 0 Å². The Bertz CT molecular complexity index is 246. The van der Waals surface area contributed by atoms with E-state index < -0.39 is 5.91 Å². The first-order chi connectivity index (χ1) is 4.75. The molecule has 1 aromatic rings.